The van der Waals surface area contributed by atoms with Gasteiger partial charge in [-0.05, 0) is 19.3 Å². The molecule has 0 saturated carbocycles. The standard InChI is InChI=1S/C13H19N7/c1-3-10-5-4-7-20(10)13-17-11(14-2)16-12(18-13)19-8-6-15-9-19/h6,8-10H,3-5,7H2,1-2H3,(H,14,16,17,18). The molecule has 106 valence electrons. The highest BCUT2D eigenvalue weighted by Gasteiger charge is 2.26. The van der Waals surface area contributed by atoms with Crippen molar-refractivity contribution in [1.82, 2.24) is 24.5 Å². The SMILES string of the molecule is CCC1CCCN1c1nc(NC)nc(-n2ccnc2)n1. The molecule has 0 radical (unpaired) electrons. The summed E-state index contributed by atoms with van der Waals surface area (Å²) in [5.41, 5.74) is 0. The van der Waals surface area contributed by atoms with Crippen molar-refractivity contribution in [3.05, 3.63) is 18.7 Å². The Hall–Kier alpha value is -2.18. The third-order valence-electron chi connectivity index (χ3n) is 3.68. The number of hydrogen-bond acceptors (Lipinski definition) is 6. The smallest absolute Gasteiger partial charge is 0.241 e. The molecular formula is C13H19N7. The van der Waals surface area contributed by atoms with Gasteiger partial charge in [-0.1, -0.05) is 6.92 Å². The highest BCUT2D eigenvalue weighted by Crippen LogP contribution is 2.25. The number of nitrogens with one attached hydrogen (secondary N) is 1. The van der Waals surface area contributed by atoms with E-state index in [9.17, 15) is 0 Å². The molecule has 0 bridgehead atoms. The number of aromatic nitrogens is 5. The lowest BCUT2D eigenvalue weighted by atomic mass is 10.2. The second-order valence-electron chi connectivity index (χ2n) is 4.88. The lowest BCUT2D eigenvalue weighted by Gasteiger charge is -2.24. The van der Waals surface area contributed by atoms with E-state index in [2.05, 4.69) is 37.1 Å². The fraction of sp³-hybridized carbons (Fsp3) is 0.538. The Kier molecular flexibility index (Phi) is 3.49. The topological polar surface area (TPSA) is 71.8 Å². The van der Waals surface area contributed by atoms with E-state index in [0.29, 0.717) is 17.9 Å². The van der Waals surface area contributed by atoms with Gasteiger partial charge < -0.3 is 10.2 Å². The number of anilines is 2. The van der Waals surface area contributed by atoms with E-state index in [1.807, 2.05) is 13.2 Å². The second-order valence-corrected chi connectivity index (χ2v) is 4.88. The highest BCUT2D eigenvalue weighted by molar-refractivity contribution is 5.41. The molecule has 0 amide bonds. The van der Waals surface area contributed by atoms with E-state index in [4.69, 9.17) is 0 Å². The van der Waals surface area contributed by atoms with E-state index in [-0.39, 0.29) is 0 Å². The zero-order valence-electron chi connectivity index (χ0n) is 11.8. The van der Waals surface area contributed by atoms with Crippen molar-refractivity contribution in [3.63, 3.8) is 0 Å². The molecule has 2 aromatic heterocycles. The van der Waals surface area contributed by atoms with E-state index >= 15 is 0 Å². The van der Waals surface area contributed by atoms with Crippen LogP contribution >= 0.6 is 0 Å². The van der Waals surface area contributed by atoms with Crippen molar-refractivity contribution < 1.29 is 0 Å². The summed E-state index contributed by atoms with van der Waals surface area (Å²) in [5, 5.41) is 3.00. The van der Waals surface area contributed by atoms with Crippen LogP contribution in [0, 0.1) is 0 Å². The molecule has 20 heavy (non-hydrogen) atoms. The number of imidazole rings is 1. The molecule has 0 spiro atoms. The number of hydrogen-bond donors (Lipinski definition) is 1. The summed E-state index contributed by atoms with van der Waals surface area (Å²) >= 11 is 0. The summed E-state index contributed by atoms with van der Waals surface area (Å²) in [7, 11) is 1.82. The molecule has 1 aliphatic heterocycles. The van der Waals surface area contributed by atoms with Gasteiger partial charge in [-0.15, -0.1) is 0 Å². The molecular weight excluding hydrogens is 254 g/mol. The van der Waals surface area contributed by atoms with Crippen molar-refractivity contribution in [1.29, 1.82) is 0 Å². The lowest BCUT2D eigenvalue weighted by Crippen LogP contribution is -2.30. The van der Waals surface area contributed by atoms with Crippen molar-refractivity contribution >= 4 is 11.9 Å². The maximum Gasteiger partial charge on any atom is 0.241 e. The zero-order valence-corrected chi connectivity index (χ0v) is 11.8. The summed E-state index contributed by atoms with van der Waals surface area (Å²) in [6, 6.07) is 0.526. The molecule has 0 aromatic carbocycles. The second kappa shape index (κ2) is 5.44. The van der Waals surface area contributed by atoms with E-state index in [0.717, 1.165) is 18.9 Å². The van der Waals surface area contributed by atoms with E-state index < -0.39 is 0 Å². The summed E-state index contributed by atoms with van der Waals surface area (Å²) in [6.45, 7) is 3.22. The highest BCUT2D eigenvalue weighted by atomic mass is 15.4. The number of rotatable bonds is 4. The van der Waals surface area contributed by atoms with Crippen molar-refractivity contribution in [2.24, 2.45) is 0 Å². The average molecular weight is 273 g/mol. The molecule has 3 rings (SSSR count). The van der Waals surface area contributed by atoms with Crippen LogP contribution in [0.3, 0.4) is 0 Å². The Morgan fingerprint density at radius 3 is 2.85 bits per heavy atom. The van der Waals surface area contributed by atoms with Gasteiger partial charge in [0.1, 0.15) is 6.33 Å². The van der Waals surface area contributed by atoms with E-state index in [1.54, 1.807) is 17.1 Å². The van der Waals surface area contributed by atoms with Crippen LogP contribution in [0.2, 0.25) is 0 Å². The Morgan fingerprint density at radius 1 is 1.30 bits per heavy atom. The van der Waals surface area contributed by atoms with Gasteiger partial charge >= 0.3 is 0 Å². The Balaban J connectivity index is 2.00. The summed E-state index contributed by atoms with van der Waals surface area (Å²) in [6.07, 6.45) is 8.75. The van der Waals surface area contributed by atoms with Gasteiger partial charge in [-0.25, -0.2) is 4.98 Å². The molecule has 7 nitrogen and oxygen atoms in total. The van der Waals surface area contributed by atoms with Gasteiger partial charge in [-0.3, -0.25) is 4.57 Å². The summed E-state index contributed by atoms with van der Waals surface area (Å²) in [5.74, 6) is 1.93. The van der Waals surface area contributed by atoms with Gasteiger partial charge in [0.2, 0.25) is 17.8 Å². The fourth-order valence-corrected chi connectivity index (χ4v) is 2.61. The minimum absolute atomic E-state index is 0.526. The molecule has 1 saturated heterocycles. The molecule has 1 aliphatic rings. The predicted octanol–water partition coefficient (Wildman–Crippen LogP) is 1.48. The predicted molar refractivity (Wildman–Crippen MR) is 77.2 cm³/mol. The van der Waals surface area contributed by atoms with Gasteiger partial charge in [0.05, 0.1) is 0 Å². The van der Waals surface area contributed by atoms with Gasteiger partial charge in [0.15, 0.2) is 0 Å². The molecule has 1 atom stereocenters. The van der Waals surface area contributed by atoms with Crippen LogP contribution < -0.4 is 10.2 Å². The fourth-order valence-electron chi connectivity index (χ4n) is 2.61. The maximum absolute atomic E-state index is 4.59. The average Bonchev–Trinajstić information content (AvgIpc) is 3.17. The van der Waals surface area contributed by atoms with Crippen LogP contribution in [-0.4, -0.2) is 44.1 Å². The Labute approximate surface area is 118 Å². The van der Waals surface area contributed by atoms with Crippen LogP contribution in [0.4, 0.5) is 11.9 Å². The molecule has 1 N–H and O–H groups in total. The molecule has 1 fully saturated rings. The molecule has 0 aliphatic carbocycles. The lowest BCUT2D eigenvalue weighted by molar-refractivity contribution is 0.632. The van der Waals surface area contributed by atoms with Gasteiger partial charge in [0, 0.05) is 32.0 Å². The zero-order chi connectivity index (χ0) is 13.9. The third-order valence-corrected chi connectivity index (χ3v) is 3.68. The van der Waals surface area contributed by atoms with Crippen LogP contribution in [0.1, 0.15) is 26.2 Å². The molecule has 3 heterocycles. The summed E-state index contributed by atoms with van der Waals surface area (Å²) < 4.78 is 1.79. The molecule has 1 unspecified atom stereocenters. The van der Waals surface area contributed by atoms with Gasteiger partial charge in [-0.2, -0.15) is 15.0 Å². The quantitative estimate of drug-likeness (QED) is 0.909. The first-order chi connectivity index (χ1) is 9.81. The first-order valence-corrected chi connectivity index (χ1v) is 7.00. The van der Waals surface area contributed by atoms with Crippen molar-refractivity contribution in [2.45, 2.75) is 32.2 Å². The first kappa shape index (κ1) is 12.8. The normalized spacial score (nSPS) is 18.5. The van der Waals surface area contributed by atoms with Crippen LogP contribution in [-0.2, 0) is 0 Å². The van der Waals surface area contributed by atoms with Crippen molar-refractivity contribution in [2.75, 3.05) is 23.8 Å². The first-order valence-electron chi connectivity index (χ1n) is 7.00. The minimum atomic E-state index is 0.526. The number of nitrogens with zero attached hydrogens (tertiary/aromatic N) is 6. The van der Waals surface area contributed by atoms with Crippen LogP contribution in [0.15, 0.2) is 18.7 Å². The molecule has 2 aromatic rings. The van der Waals surface area contributed by atoms with Crippen LogP contribution in [0.25, 0.3) is 5.95 Å². The van der Waals surface area contributed by atoms with Crippen molar-refractivity contribution in [3.8, 4) is 5.95 Å². The monoisotopic (exact) mass is 273 g/mol. The Bertz CT molecular complexity index is 566. The third kappa shape index (κ3) is 2.31. The largest absolute Gasteiger partial charge is 0.357 e. The maximum atomic E-state index is 4.59. The van der Waals surface area contributed by atoms with Gasteiger partial charge in [0.25, 0.3) is 0 Å². The Morgan fingerprint density at radius 2 is 2.15 bits per heavy atom. The molecule has 7 heteroatoms. The summed E-state index contributed by atoms with van der Waals surface area (Å²) in [4.78, 5) is 19.8. The minimum Gasteiger partial charge on any atom is -0.357 e. The van der Waals surface area contributed by atoms with E-state index in [1.165, 1.54) is 12.8 Å². The van der Waals surface area contributed by atoms with Crippen LogP contribution in [0.5, 0.6) is 0 Å².